The van der Waals surface area contributed by atoms with Crippen molar-refractivity contribution >= 4 is 44.6 Å². The van der Waals surface area contributed by atoms with E-state index in [1.165, 1.54) is 0 Å². The molecule has 0 aromatic carbocycles. The Bertz CT molecular complexity index is 223. The molecule has 0 aliphatic carbocycles. The number of hydrogen-bond acceptors (Lipinski definition) is 4. The Balaban J connectivity index is -0.0000000412. The van der Waals surface area contributed by atoms with Crippen molar-refractivity contribution in [1.82, 2.24) is 0 Å². The van der Waals surface area contributed by atoms with Gasteiger partial charge in [-0.2, -0.15) is 0 Å². The van der Waals surface area contributed by atoms with Crippen LogP contribution >= 0.6 is 7.82 Å². The average molecular weight is 286 g/mol. The minimum atomic E-state index is -4.64. The van der Waals surface area contributed by atoms with E-state index in [1.807, 2.05) is 0 Å². The van der Waals surface area contributed by atoms with E-state index in [2.05, 4.69) is 0 Å². The molecule has 106 valence electrons. The molecule has 6 N–H and O–H groups in total. The van der Waals surface area contributed by atoms with Gasteiger partial charge in [0.2, 0.25) is 0 Å². The van der Waals surface area contributed by atoms with Gasteiger partial charge in [0, 0.05) is 20.8 Å². The van der Waals surface area contributed by atoms with Crippen LogP contribution in [0.15, 0.2) is 0 Å². The fourth-order valence-corrected chi connectivity index (χ4v) is 0. The van der Waals surface area contributed by atoms with Crippen molar-refractivity contribution in [2.45, 2.75) is 20.8 Å². The molecule has 0 saturated heterocycles. The first-order chi connectivity index (χ1) is 7.20. The predicted octanol–water partition coefficient (Wildman–Crippen LogP) is -1.30. The van der Waals surface area contributed by atoms with E-state index in [4.69, 9.17) is 48.9 Å². The molecular formula is C6H16LiO10P. The van der Waals surface area contributed by atoms with Gasteiger partial charge in [0.05, 0.1) is 0 Å². The van der Waals surface area contributed by atoms with Crippen molar-refractivity contribution in [2.75, 3.05) is 0 Å². The van der Waals surface area contributed by atoms with Gasteiger partial charge in [-0.15, -0.1) is 0 Å². The van der Waals surface area contributed by atoms with Crippen LogP contribution in [0.4, 0.5) is 0 Å². The molecule has 0 atom stereocenters. The quantitative estimate of drug-likeness (QED) is 0.230. The van der Waals surface area contributed by atoms with Crippen LogP contribution in [0.25, 0.3) is 0 Å². The van der Waals surface area contributed by atoms with E-state index in [0.717, 1.165) is 20.8 Å². The molecule has 0 unspecified atom stereocenters. The van der Waals surface area contributed by atoms with Crippen molar-refractivity contribution in [3.63, 3.8) is 0 Å². The summed E-state index contributed by atoms with van der Waals surface area (Å²) in [6, 6.07) is 0. The van der Waals surface area contributed by atoms with Crippen molar-refractivity contribution in [3.8, 4) is 0 Å². The minimum absolute atomic E-state index is 0. The van der Waals surface area contributed by atoms with Gasteiger partial charge in [-0.05, 0) is 0 Å². The van der Waals surface area contributed by atoms with Gasteiger partial charge >= 0.3 is 26.7 Å². The first-order valence-electron chi connectivity index (χ1n) is 3.57. The summed E-state index contributed by atoms with van der Waals surface area (Å²) in [4.78, 5) is 48.6. The molecule has 0 aromatic rings. The van der Waals surface area contributed by atoms with Gasteiger partial charge in [-0.25, -0.2) is 4.57 Å². The van der Waals surface area contributed by atoms with E-state index in [0.29, 0.717) is 0 Å². The van der Waals surface area contributed by atoms with Crippen LogP contribution < -0.4 is 0 Å². The van der Waals surface area contributed by atoms with Crippen LogP contribution in [0.2, 0.25) is 0 Å². The summed E-state index contributed by atoms with van der Waals surface area (Å²) < 4.78 is 8.88. The number of aliphatic carboxylic acids is 3. The normalized spacial score (nSPS) is 7.44. The Morgan fingerprint density at radius 2 is 0.722 bits per heavy atom. The molecule has 0 spiro atoms. The van der Waals surface area contributed by atoms with Crippen LogP contribution in [0.3, 0.4) is 0 Å². The fourth-order valence-electron chi connectivity index (χ4n) is 0. The SMILES string of the molecule is CC(=O)O.CC(=O)O.CC(=O)O.O=P(O)(O)O.[LiH]. The van der Waals surface area contributed by atoms with Gasteiger partial charge in [0.1, 0.15) is 0 Å². The molecule has 0 radical (unpaired) electrons. The van der Waals surface area contributed by atoms with Crippen LogP contribution in [0.1, 0.15) is 20.8 Å². The number of carboxylic acids is 3. The predicted molar refractivity (Wildman–Crippen MR) is 61.3 cm³/mol. The zero-order valence-corrected chi connectivity index (χ0v) is 10.2. The number of hydrogen-bond donors (Lipinski definition) is 6. The molecule has 0 heterocycles. The Morgan fingerprint density at radius 1 is 0.722 bits per heavy atom. The second kappa shape index (κ2) is 18.5. The van der Waals surface area contributed by atoms with Gasteiger partial charge in [-0.1, -0.05) is 0 Å². The Morgan fingerprint density at radius 3 is 0.722 bits per heavy atom. The topological polar surface area (TPSA) is 190 Å². The van der Waals surface area contributed by atoms with E-state index in [1.54, 1.807) is 0 Å². The molecule has 0 rings (SSSR count). The molecule has 0 saturated carbocycles. The van der Waals surface area contributed by atoms with Crippen molar-refractivity contribution in [3.05, 3.63) is 0 Å². The van der Waals surface area contributed by atoms with Crippen molar-refractivity contribution < 1.29 is 48.9 Å². The van der Waals surface area contributed by atoms with Gasteiger partial charge in [0.15, 0.2) is 0 Å². The van der Waals surface area contributed by atoms with E-state index >= 15 is 0 Å². The molecule has 0 aliphatic rings. The molecule has 0 fully saturated rings. The average Bonchev–Trinajstić information content (AvgIpc) is 1.73. The van der Waals surface area contributed by atoms with Crippen LogP contribution in [-0.4, -0.2) is 66.8 Å². The molecule has 10 nitrogen and oxygen atoms in total. The fraction of sp³-hybridized carbons (Fsp3) is 0.500. The molecule has 0 bridgehead atoms. The maximum atomic E-state index is 9.00. The van der Waals surface area contributed by atoms with Crippen LogP contribution in [0, 0.1) is 0 Å². The standard InChI is InChI=1S/3C2H4O2.Li.H3O4P.H/c3*1-2(3)4;;1-5(2,3)4;/h3*1H3,(H,3,4);;(H3,1,2,3,4);. The number of carbonyl (C=O) groups is 3. The second-order valence-electron chi connectivity index (χ2n) is 2.07. The Labute approximate surface area is 115 Å². The number of carboxylic acid groups (broad SMARTS) is 3. The van der Waals surface area contributed by atoms with E-state index in [-0.39, 0.29) is 18.9 Å². The third-order valence-electron chi connectivity index (χ3n) is 0. The summed E-state index contributed by atoms with van der Waals surface area (Å²) in [6.45, 7) is 3.25. The first-order valence-corrected chi connectivity index (χ1v) is 5.13. The van der Waals surface area contributed by atoms with Gasteiger partial charge < -0.3 is 30.0 Å². The molecule has 0 aliphatic heterocycles. The van der Waals surface area contributed by atoms with Crippen molar-refractivity contribution in [1.29, 1.82) is 0 Å². The molecule has 0 amide bonds. The van der Waals surface area contributed by atoms with E-state index in [9.17, 15) is 0 Å². The van der Waals surface area contributed by atoms with Gasteiger partial charge in [-0.3, -0.25) is 14.4 Å². The molecule has 12 heteroatoms. The number of rotatable bonds is 0. The summed E-state index contributed by atoms with van der Waals surface area (Å²) in [5, 5.41) is 22.2. The molecule has 0 aromatic heterocycles. The third kappa shape index (κ3) is 3870. The third-order valence-corrected chi connectivity index (χ3v) is 0. The summed E-state index contributed by atoms with van der Waals surface area (Å²) in [6.07, 6.45) is 0. The maximum absolute atomic E-state index is 9.00. The number of phosphoric acid groups is 1. The Hall–Kier alpha value is -0.883. The second-order valence-corrected chi connectivity index (χ2v) is 3.10. The molecule has 18 heavy (non-hydrogen) atoms. The summed E-state index contributed by atoms with van der Waals surface area (Å²) in [5.74, 6) is -2.50. The molecular weight excluding hydrogens is 270 g/mol. The zero-order chi connectivity index (χ0) is 15.2. The van der Waals surface area contributed by atoms with Crippen molar-refractivity contribution in [2.24, 2.45) is 0 Å². The van der Waals surface area contributed by atoms with Crippen LogP contribution in [0.5, 0.6) is 0 Å². The van der Waals surface area contributed by atoms with E-state index < -0.39 is 25.7 Å². The monoisotopic (exact) mass is 286 g/mol. The first kappa shape index (κ1) is 30.3. The Kier molecular flexibility index (Phi) is 31.1. The summed E-state index contributed by atoms with van der Waals surface area (Å²) >= 11 is 0. The van der Waals surface area contributed by atoms with Gasteiger partial charge in [0.25, 0.3) is 17.9 Å². The summed E-state index contributed by atoms with van der Waals surface area (Å²) in [5.41, 5.74) is 0. The zero-order valence-electron chi connectivity index (χ0n) is 9.26. The van der Waals surface area contributed by atoms with Crippen LogP contribution in [-0.2, 0) is 18.9 Å². The summed E-state index contributed by atoms with van der Waals surface area (Å²) in [7, 11) is -4.64.